The van der Waals surface area contributed by atoms with Crippen LogP contribution in [0.25, 0.3) is 10.9 Å². The molecular weight excluding hydrogens is 362 g/mol. The molecule has 1 aliphatic heterocycles. The number of pyridine rings is 1. The summed E-state index contributed by atoms with van der Waals surface area (Å²) in [5, 5.41) is 0.764. The molecule has 0 fully saturated rings. The number of methoxy groups -OCH3 is 1. The fourth-order valence-electron chi connectivity index (χ4n) is 2.92. The Morgan fingerprint density at radius 2 is 1.79 bits per heavy atom. The summed E-state index contributed by atoms with van der Waals surface area (Å²) in [6, 6.07) is 12.5. The summed E-state index contributed by atoms with van der Waals surface area (Å²) in [5.41, 5.74) is 1.54. The van der Waals surface area contributed by atoms with Crippen molar-refractivity contribution in [3.8, 4) is 23.0 Å². The van der Waals surface area contributed by atoms with Gasteiger partial charge in [0.1, 0.15) is 18.1 Å². The maximum atomic E-state index is 12.4. The fraction of sp³-hybridized carbons (Fsp3) is 0.238. The molecule has 0 N–H and O–H groups in total. The monoisotopic (exact) mass is 381 g/mol. The quantitative estimate of drug-likeness (QED) is 0.602. The number of hydrogen-bond donors (Lipinski definition) is 0. The molecule has 7 nitrogen and oxygen atoms in total. The zero-order valence-electron chi connectivity index (χ0n) is 15.6. The molecule has 2 heterocycles. The van der Waals surface area contributed by atoms with Crippen molar-refractivity contribution < 1.29 is 28.5 Å². The lowest BCUT2D eigenvalue weighted by Crippen LogP contribution is -2.12. The van der Waals surface area contributed by atoms with Gasteiger partial charge in [0.2, 0.25) is 6.79 Å². The van der Waals surface area contributed by atoms with Crippen LogP contribution >= 0.6 is 0 Å². The van der Waals surface area contributed by atoms with E-state index < -0.39 is 5.97 Å². The molecule has 144 valence electrons. The van der Waals surface area contributed by atoms with Gasteiger partial charge in [0, 0.05) is 11.5 Å². The number of carbonyl (C=O) groups is 1. The van der Waals surface area contributed by atoms with Gasteiger partial charge in [0.05, 0.1) is 30.5 Å². The van der Waals surface area contributed by atoms with E-state index in [0.717, 1.165) is 11.1 Å². The third-order valence-corrected chi connectivity index (χ3v) is 4.32. The van der Waals surface area contributed by atoms with Crippen molar-refractivity contribution >= 4 is 16.9 Å². The Hall–Kier alpha value is -3.48. The molecule has 0 aliphatic carbocycles. The standard InChI is InChI=1S/C21H19NO6/c1-3-25-21(23)16-8-13-9-19-20(28-12-27-19)10-17(13)22-18(16)11-26-15-6-4-14(24-2)5-7-15/h4-10H,3,11-12H2,1-2H3. The number of fused-ring (bicyclic) bond motifs is 2. The lowest BCUT2D eigenvalue weighted by Gasteiger charge is -2.12. The first-order valence-corrected chi connectivity index (χ1v) is 8.85. The summed E-state index contributed by atoms with van der Waals surface area (Å²) in [7, 11) is 1.60. The van der Waals surface area contributed by atoms with Crippen molar-refractivity contribution in [2.75, 3.05) is 20.5 Å². The molecule has 4 rings (SSSR count). The van der Waals surface area contributed by atoms with Crippen LogP contribution in [0.4, 0.5) is 0 Å². The minimum Gasteiger partial charge on any atom is -0.497 e. The largest absolute Gasteiger partial charge is 0.497 e. The molecule has 28 heavy (non-hydrogen) atoms. The van der Waals surface area contributed by atoms with E-state index in [0.29, 0.717) is 34.0 Å². The first-order chi connectivity index (χ1) is 13.7. The van der Waals surface area contributed by atoms with Crippen molar-refractivity contribution in [1.29, 1.82) is 0 Å². The highest BCUT2D eigenvalue weighted by atomic mass is 16.7. The lowest BCUT2D eigenvalue weighted by molar-refractivity contribution is 0.0523. The van der Waals surface area contributed by atoms with Crippen molar-refractivity contribution in [1.82, 2.24) is 4.98 Å². The molecule has 1 aliphatic rings. The van der Waals surface area contributed by atoms with E-state index in [4.69, 9.17) is 23.7 Å². The minimum atomic E-state index is -0.442. The van der Waals surface area contributed by atoms with Crippen LogP contribution in [0.2, 0.25) is 0 Å². The molecule has 0 bridgehead atoms. The highest BCUT2D eigenvalue weighted by Crippen LogP contribution is 2.36. The zero-order chi connectivity index (χ0) is 19.5. The Balaban J connectivity index is 1.68. The van der Waals surface area contributed by atoms with Crippen LogP contribution < -0.4 is 18.9 Å². The molecular formula is C21H19NO6. The van der Waals surface area contributed by atoms with E-state index in [-0.39, 0.29) is 20.0 Å². The molecule has 2 aromatic carbocycles. The third kappa shape index (κ3) is 3.51. The number of benzene rings is 2. The van der Waals surface area contributed by atoms with Gasteiger partial charge in [-0.25, -0.2) is 9.78 Å². The van der Waals surface area contributed by atoms with Crippen molar-refractivity contribution in [2.24, 2.45) is 0 Å². The first kappa shape index (κ1) is 17.9. The number of ether oxygens (including phenoxy) is 5. The molecule has 0 radical (unpaired) electrons. The fourth-order valence-corrected chi connectivity index (χ4v) is 2.92. The Morgan fingerprint density at radius 1 is 1.07 bits per heavy atom. The zero-order valence-corrected chi connectivity index (χ0v) is 15.6. The normalized spacial score (nSPS) is 12.1. The van der Waals surface area contributed by atoms with Gasteiger partial charge >= 0.3 is 5.97 Å². The topological polar surface area (TPSA) is 76.1 Å². The number of hydrogen-bond acceptors (Lipinski definition) is 7. The summed E-state index contributed by atoms with van der Waals surface area (Å²) in [6.45, 7) is 2.32. The van der Waals surface area contributed by atoms with E-state index in [1.807, 2.05) is 6.07 Å². The second-order valence-electron chi connectivity index (χ2n) is 6.07. The summed E-state index contributed by atoms with van der Waals surface area (Å²) in [4.78, 5) is 17.1. The third-order valence-electron chi connectivity index (χ3n) is 4.32. The lowest BCUT2D eigenvalue weighted by atomic mass is 10.1. The molecule has 0 saturated heterocycles. The van der Waals surface area contributed by atoms with E-state index >= 15 is 0 Å². The minimum absolute atomic E-state index is 0.116. The van der Waals surface area contributed by atoms with Crippen LogP contribution in [0.1, 0.15) is 23.0 Å². The molecule has 3 aromatic rings. The summed E-state index contributed by atoms with van der Waals surface area (Å²) in [6.07, 6.45) is 0. The molecule has 0 spiro atoms. The van der Waals surface area contributed by atoms with Crippen LogP contribution in [0.5, 0.6) is 23.0 Å². The van der Waals surface area contributed by atoms with E-state index in [2.05, 4.69) is 4.98 Å². The van der Waals surface area contributed by atoms with Gasteiger partial charge in [-0.15, -0.1) is 0 Å². The average Bonchev–Trinajstić information content (AvgIpc) is 3.17. The second kappa shape index (κ2) is 7.64. The van der Waals surface area contributed by atoms with Crippen LogP contribution in [-0.2, 0) is 11.3 Å². The highest BCUT2D eigenvalue weighted by molar-refractivity contribution is 5.96. The molecule has 7 heteroatoms. The van der Waals surface area contributed by atoms with Crippen LogP contribution in [0, 0.1) is 0 Å². The molecule has 0 atom stereocenters. The predicted octanol–water partition coefficient (Wildman–Crippen LogP) is 3.73. The summed E-state index contributed by atoms with van der Waals surface area (Å²) in [5.74, 6) is 2.20. The van der Waals surface area contributed by atoms with Gasteiger partial charge in [-0.3, -0.25) is 0 Å². The summed E-state index contributed by atoms with van der Waals surface area (Å²) >= 11 is 0. The average molecular weight is 381 g/mol. The molecule has 0 saturated carbocycles. The van der Waals surface area contributed by atoms with Crippen molar-refractivity contribution in [3.63, 3.8) is 0 Å². The van der Waals surface area contributed by atoms with E-state index in [1.54, 1.807) is 50.4 Å². The Morgan fingerprint density at radius 3 is 2.50 bits per heavy atom. The molecule has 1 aromatic heterocycles. The second-order valence-corrected chi connectivity index (χ2v) is 6.07. The summed E-state index contributed by atoms with van der Waals surface area (Å²) < 4.78 is 27.0. The van der Waals surface area contributed by atoms with Gasteiger partial charge in [0.15, 0.2) is 11.5 Å². The molecule has 0 unspecified atom stereocenters. The SMILES string of the molecule is CCOC(=O)c1cc2cc3c(cc2nc1COc1ccc(OC)cc1)OCO3. The van der Waals surface area contributed by atoms with Gasteiger partial charge in [-0.2, -0.15) is 0 Å². The van der Waals surface area contributed by atoms with Gasteiger partial charge in [-0.1, -0.05) is 0 Å². The van der Waals surface area contributed by atoms with Gasteiger partial charge in [0.25, 0.3) is 0 Å². The Bertz CT molecular complexity index is 1020. The Labute approximate surface area is 161 Å². The number of rotatable bonds is 6. The van der Waals surface area contributed by atoms with Crippen LogP contribution in [-0.4, -0.2) is 31.5 Å². The van der Waals surface area contributed by atoms with Crippen LogP contribution in [0.15, 0.2) is 42.5 Å². The number of esters is 1. The maximum absolute atomic E-state index is 12.4. The first-order valence-electron chi connectivity index (χ1n) is 8.85. The van der Waals surface area contributed by atoms with Crippen molar-refractivity contribution in [3.05, 3.63) is 53.7 Å². The smallest absolute Gasteiger partial charge is 0.340 e. The highest BCUT2D eigenvalue weighted by Gasteiger charge is 2.20. The number of nitrogens with zero attached hydrogens (tertiary/aromatic N) is 1. The molecule has 0 amide bonds. The van der Waals surface area contributed by atoms with Crippen molar-refractivity contribution in [2.45, 2.75) is 13.5 Å². The number of carbonyl (C=O) groups excluding carboxylic acids is 1. The van der Waals surface area contributed by atoms with Gasteiger partial charge in [-0.05, 0) is 43.3 Å². The predicted molar refractivity (Wildman–Crippen MR) is 101 cm³/mol. The van der Waals surface area contributed by atoms with E-state index in [9.17, 15) is 4.79 Å². The van der Waals surface area contributed by atoms with E-state index in [1.165, 1.54) is 0 Å². The Kier molecular flexibility index (Phi) is 4.89. The maximum Gasteiger partial charge on any atom is 0.340 e. The van der Waals surface area contributed by atoms with Crippen LogP contribution in [0.3, 0.4) is 0 Å². The van der Waals surface area contributed by atoms with Gasteiger partial charge < -0.3 is 23.7 Å². The number of aromatic nitrogens is 1.